The highest BCUT2D eigenvalue weighted by Crippen LogP contribution is 2.07. The van der Waals surface area contributed by atoms with Gasteiger partial charge in [0.15, 0.2) is 5.11 Å². The molecule has 1 unspecified atom stereocenters. The summed E-state index contributed by atoms with van der Waals surface area (Å²) in [6.45, 7) is 8.04. The second-order valence-corrected chi connectivity index (χ2v) is 4.14. The Labute approximate surface area is 108 Å². The minimum absolute atomic E-state index is 0.103. The zero-order valence-electron chi connectivity index (χ0n) is 10.6. The van der Waals surface area contributed by atoms with E-state index in [9.17, 15) is 0 Å². The van der Waals surface area contributed by atoms with Gasteiger partial charge in [0.1, 0.15) is 0 Å². The van der Waals surface area contributed by atoms with Gasteiger partial charge in [-0.05, 0) is 31.3 Å². The fourth-order valence-electron chi connectivity index (χ4n) is 1.46. The van der Waals surface area contributed by atoms with Crippen molar-refractivity contribution in [2.24, 2.45) is 0 Å². The van der Waals surface area contributed by atoms with Crippen molar-refractivity contribution in [2.75, 3.05) is 13.1 Å². The molecule has 0 fully saturated rings. The van der Waals surface area contributed by atoms with Crippen LogP contribution < -0.4 is 10.7 Å². The van der Waals surface area contributed by atoms with Crippen molar-refractivity contribution in [3.63, 3.8) is 0 Å². The van der Waals surface area contributed by atoms with Crippen molar-refractivity contribution in [3.05, 3.63) is 30.1 Å². The van der Waals surface area contributed by atoms with Crippen LogP contribution in [0.2, 0.25) is 0 Å². The molecule has 0 radical (unpaired) electrons. The quantitative estimate of drug-likeness (QED) is 0.618. The average molecular weight is 252 g/mol. The van der Waals surface area contributed by atoms with Gasteiger partial charge in [-0.15, -0.1) is 0 Å². The number of hydrogen-bond acceptors (Lipinski definition) is 3. The van der Waals surface area contributed by atoms with Crippen LogP contribution in [0.4, 0.5) is 0 Å². The second-order valence-electron chi connectivity index (χ2n) is 3.73. The molecule has 0 saturated heterocycles. The van der Waals surface area contributed by atoms with E-state index in [1.54, 1.807) is 6.20 Å². The molecule has 0 aliphatic rings. The number of rotatable bonds is 5. The summed E-state index contributed by atoms with van der Waals surface area (Å²) in [6, 6.07) is 5.97. The first-order valence-corrected chi connectivity index (χ1v) is 6.31. The van der Waals surface area contributed by atoms with Gasteiger partial charge in [-0.25, -0.2) is 5.01 Å². The molecule has 0 saturated carbocycles. The number of thiocarbonyl (C=S) groups is 1. The van der Waals surface area contributed by atoms with Gasteiger partial charge in [0.05, 0.1) is 11.7 Å². The Morgan fingerprint density at radius 3 is 2.65 bits per heavy atom. The molecule has 1 atom stereocenters. The molecule has 5 heteroatoms. The van der Waals surface area contributed by atoms with Gasteiger partial charge < -0.3 is 5.32 Å². The molecule has 1 heterocycles. The van der Waals surface area contributed by atoms with Crippen molar-refractivity contribution < 1.29 is 0 Å². The normalized spacial score (nSPS) is 12.2. The predicted molar refractivity (Wildman–Crippen MR) is 74.4 cm³/mol. The van der Waals surface area contributed by atoms with E-state index in [0.717, 1.165) is 18.8 Å². The SMILES string of the molecule is CCN(CC)NC(=S)NC(C)c1ccccn1. The number of nitrogens with zero attached hydrogens (tertiary/aromatic N) is 2. The van der Waals surface area contributed by atoms with Crippen LogP contribution in [0.1, 0.15) is 32.5 Å². The summed E-state index contributed by atoms with van der Waals surface area (Å²) in [5, 5.41) is 5.88. The molecule has 0 aliphatic heterocycles. The maximum Gasteiger partial charge on any atom is 0.181 e. The van der Waals surface area contributed by atoms with Crippen LogP contribution in [-0.4, -0.2) is 28.2 Å². The van der Waals surface area contributed by atoms with Crippen molar-refractivity contribution in [2.45, 2.75) is 26.8 Å². The number of aromatic nitrogens is 1. The Balaban J connectivity index is 2.46. The molecule has 2 N–H and O–H groups in total. The van der Waals surface area contributed by atoms with E-state index in [1.807, 2.05) is 30.1 Å². The lowest BCUT2D eigenvalue weighted by atomic mass is 10.2. The van der Waals surface area contributed by atoms with Gasteiger partial charge in [-0.1, -0.05) is 19.9 Å². The molecule has 17 heavy (non-hydrogen) atoms. The lowest BCUT2D eigenvalue weighted by Gasteiger charge is -2.23. The van der Waals surface area contributed by atoms with E-state index in [1.165, 1.54) is 0 Å². The van der Waals surface area contributed by atoms with E-state index in [-0.39, 0.29) is 6.04 Å². The van der Waals surface area contributed by atoms with Gasteiger partial charge in [0.2, 0.25) is 0 Å². The van der Waals surface area contributed by atoms with E-state index >= 15 is 0 Å². The molecule has 0 bridgehead atoms. The number of nitrogens with one attached hydrogen (secondary N) is 2. The van der Waals surface area contributed by atoms with Gasteiger partial charge in [0, 0.05) is 19.3 Å². The fourth-order valence-corrected chi connectivity index (χ4v) is 1.77. The average Bonchev–Trinajstić information content (AvgIpc) is 2.37. The minimum Gasteiger partial charge on any atom is -0.354 e. The van der Waals surface area contributed by atoms with Gasteiger partial charge in [-0.2, -0.15) is 0 Å². The molecule has 4 nitrogen and oxygen atoms in total. The highest BCUT2D eigenvalue weighted by Gasteiger charge is 2.08. The summed E-state index contributed by atoms with van der Waals surface area (Å²) in [6.07, 6.45) is 1.79. The minimum atomic E-state index is 0.103. The lowest BCUT2D eigenvalue weighted by Crippen LogP contribution is -2.47. The lowest BCUT2D eigenvalue weighted by molar-refractivity contribution is 0.260. The Kier molecular flexibility index (Phi) is 5.86. The molecular weight excluding hydrogens is 232 g/mol. The molecule has 94 valence electrons. The Bertz CT molecular complexity index is 338. The monoisotopic (exact) mass is 252 g/mol. The topological polar surface area (TPSA) is 40.2 Å². The van der Waals surface area contributed by atoms with Crippen molar-refractivity contribution in [3.8, 4) is 0 Å². The molecular formula is C12H20N4S. The van der Waals surface area contributed by atoms with E-state index in [0.29, 0.717) is 5.11 Å². The predicted octanol–water partition coefficient (Wildman–Crippen LogP) is 1.86. The highest BCUT2D eigenvalue weighted by molar-refractivity contribution is 7.80. The third kappa shape index (κ3) is 4.66. The molecule has 1 aromatic heterocycles. The zero-order chi connectivity index (χ0) is 12.7. The van der Waals surface area contributed by atoms with Crippen LogP contribution in [-0.2, 0) is 0 Å². The molecule has 0 aromatic carbocycles. The third-order valence-corrected chi connectivity index (χ3v) is 2.71. The third-order valence-electron chi connectivity index (χ3n) is 2.50. The largest absolute Gasteiger partial charge is 0.354 e. The second kappa shape index (κ2) is 7.19. The Hall–Kier alpha value is -1.20. The number of hydrazine groups is 1. The van der Waals surface area contributed by atoms with Crippen molar-refractivity contribution in [1.29, 1.82) is 0 Å². The molecule has 1 aromatic rings. The number of hydrogen-bond donors (Lipinski definition) is 2. The van der Waals surface area contributed by atoms with Crippen LogP contribution >= 0.6 is 12.2 Å². The number of pyridine rings is 1. The van der Waals surface area contributed by atoms with Crippen LogP contribution in [0, 0.1) is 0 Å². The molecule has 1 rings (SSSR count). The smallest absolute Gasteiger partial charge is 0.181 e. The first kappa shape index (κ1) is 13.9. The van der Waals surface area contributed by atoms with Crippen LogP contribution in [0.5, 0.6) is 0 Å². The zero-order valence-corrected chi connectivity index (χ0v) is 11.4. The Morgan fingerprint density at radius 2 is 2.12 bits per heavy atom. The van der Waals surface area contributed by atoms with Crippen LogP contribution in [0.25, 0.3) is 0 Å². The van der Waals surface area contributed by atoms with Crippen LogP contribution in [0.15, 0.2) is 24.4 Å². The first-order valence-electron chi connectivity index (χ1n) is 5.90. The van der Waals surface area contributed by atoms with Gasteiger partial charge in [0.25, 0.3) is 0 Å². The summed E-state index contributed by atoms with van der Waals surface area (Å²) in [4.78, 5) is 4.29. The summed E-state index contributed by atoms with van der Waals surface area (Å²) in [7, 11) is 0. The molecule has 0 aliphatic carbocycles. The van der Waals surface area contributed by atoms with Gasteiger partial charge in [-0.3, -0.25) is 10.4 Å². The summed E-state index contributed by atoms with van der Waals surface area (Å²) in [5.74, 6) is 0. The Morgan fingerprint density at radius 1 is 1.41 bits per heavy atom. The van der Waals surface area contributed by atoms with E-state index in [2.05, 4.69) is 29.6 Å². The van der Waals surface area contributed by atoms with Crippen molar-refractivity contribution in [1.82, 2.24) is 20.7 Å². The maximum absolute atomic E-state index is 5.25. The fraction of sp³-hybridized carbons (Fsp3) is 0.500. The van der Waals surface area contributed by atoms with Gasteiger partial charge >= 0.3 is 0 Å². The van der Waals surface area contributed by atoms with E-state index in [4.69, 9.17) is 12.2 Å². The van der Waals surface area contributed by atoms with Crippen molar-refractivity contribution >= 4 is 17.3 Å². The standard InChI is InChI=1S/C12H20N4S/c1-4-16(5-2)15-12(17)14-10(3)11-8-6-7-9-13-11/h6-10H,4-5H2,1-3H3,(H2,14,15,17). The molecule has 0 amide bonds. The van der Waals surface area contributed by atoms with Crippen LogP contribution in [0.3, 0.4) is 0 Å². The highest BCUT2D eigenvalue weighted by atomic mass is 32.1. The summed E-state index contributed by atoms with van der Waals surface area (Å²) < 4.78 is 0. The first-order chi connectivity index (χ1) is 8.17. The summed E-state index contributed by atoms with van der Waals surface area (Å²) >= 11 is 5.25. The maximum atomic E-state index is 5.25. The summed E-state index contributed by atoms with van der Waals surface area (Å²) in [5.41, 5.74) is 4.13. The molecule has 0 spiro atoms. The van der Waals surface area contributed by atoms with E-state index < -0.39 is 0 Å².